The molecule has 156 valence electrons. The third-order valence-corrected chi connectivity index (χ3v) is 5.23. The van der Waals surface area contributed by atoms with Crippen LogP contribution in [0.5, 0.6) is 11.5 Å². The third-order valence-electron chi connectivity index (χ3n) is 5.23. The zero-order chi connectivity index (χ0) is 21.6. The number of carbonyl (C=O) groups is 1. The van der Waals surface area contributed by atoms with Crippen LogP contribution in [0.4, 0.5) is 0 Å². The van der Waals surface area contributed by atoms with Crippen molar-refractivity contribution in [1.82, 2.24) is 4.90 Å². The van der Waals surface area contributed by atoms with Gasteiger partial charge in [-0.2, -0.15) is 5.26 Å². The predicted octanol–water partition coefficient (Wildman–Crippen LogP) is 4.06. The highest BCUT2D eigenvalue weighted by Gasteiger charge is 2.26. The fraction of sp³-hybridized carbons (Fsp3) is 0.200. The standard InChI is InChI=1S/C25H22N2O4/c26-15-20-4-1-2-5-21(20)17-31-23-10-8-18(9-11-23)25(29)27-12-13-30-24(16-27)19-6-3-7-22(28)14-19/h1-11,14,24,28H,12-13,16-17H2. The fourth-order valence-corrected chi connectivity index (χ4v) is 3.55. The van der Waals surface area contributed by atoms with E-state index >= 15 is 0 Å². The average molecular weight is 414 g/mol. The Balaban J connectivity index is 1.39. The van der Waals surface area contributed by atoms with Gasteiger partial charge in [0.05, 0.1) is 24.8 Å². The number of rotatable bonds is 5. The number of hydrogen-bond acceptors (Lipinski definition) is 5. The SMILES string of the molecule is N#Cc1ccccc1COc1ccc(C(=O)N2CCOC(c3cccc(O)c3)C2)cc1. The smallest absolute Gasteiger partial charge is 0.254 e. The highest BCUT2D eigenvalue weighted by molar-refractivity contribution is 5.94. The zero-order valence-corrected chi connectivity index (χ0v) is 16.9. The van der Waals surface area contributed by atoms with E-state index < -0.39 is 0 Å². The summed E-state index contributed by atoms with van der Waals surface area (Å²) in [5, 5.41) is 18.9. The van der Waals surface area contributed by atoms with Gasteiger partial charge in [-0.25, -0.2) is 0 Å². The van der Waals surface area contributed by atoms with Crippen LogP contribution in [0.15, 0.2) is 72.8 Å². The fourth-order valence-electron chi connectivity index (χ4n) is 3.55. The Hall–Kier alpha value is -3.82. The summed E-state index contributed by atoms with van der Waals surface area (Å²) in [6.45, 7) is 1.65. The number of ether oxygens (including phenoxy) is 2. The van der Waals surface area contributed by atoms with E-state index in [1.165, 1.54) is 0 Å². The van der Waals surface area contributed by atoms with Crippen molar-refractivity contribution in [3.8, 4) is 17.6 Å². The molecule has 1 aliphatic rings. The van der Waals surface area contributed by atoms with Crippen LogP contribution in [0.3, 0.4) is 0 Å². The number of aromatic hydroxyl groups is 1. The molecule has 0 spiro atoms. The maximum absolute atomic E-state index is 13.0. The van der Waals surface area contributed by atoms with Gasteiger partial charge in [-0.15, -0.1) is 0 Å². The van der Waals surface area contributed by atoms with Crippen LogP contribution in [0.1, 0.15) is 33.2 Å². The van der Waals surface area contributed by atoms with E-state index in [1.807, 2.05) is 24.3 Å². The van der Waals surface area contributed by atoms with Crippen molar-refractivity contribution < 1.29 is 19.4 Å². The van der Waals surface area contributed by atoms with Crippen molar-refractivity contribution in [2.75, 3.05) is 19.7 Å². The van der Waals surface area contributed by atoms with Crippen LogP contribution in [-0.2, 0) is 11.3 Å². The van der Waals surface area contributed by atoms with E-state index in [0.717, 1.165) is 11.1 Å². The van der Waals surface area contributed by atoms with Gasteiger partial charge in [0.15, 0.2) is 0 Å². The highest BCUT2D eigenvalue weighted by atomic mass is 16.5. The minimum Gasteiger partial charge on any atom is -0.508 e. The molecule has 6 heteroatoms. The average Bonchev–Trinajstić information content (AvgIpc) is 2.83. The lowest BCUT2D eigenvalue weighted by Gasteiger charge is -2.33. The largest absolute Gasteiger partial charge is 0.508 e. The van der Waals surface area contributed by atoms with Crippen molar-refractivity contribution in [2.24, 2.45) is 0 Å². The van der Waals surface area contributed by atoms with Crippen LogP contribution >= 0.6 is 0 Å². The first-order valence-corrected chi connectivity index (χ1v) is 10.0. The highest BCUT2D eigenvalue weighted by Crippen LogP contribution is 2.26. The summed E-state index contributed by atoms with van der Waals surface area (Å²) in [5.41, 5.74) is 2.82. The molecule has 6 nitrogen and oxygen atoms in total. The molecule has 0 bridgehead atoms. The van der Waals surface area contributed by atoms with Crippen molar-refractivity contribution >= 4 is 5.91 Å². The first-order chi connectivity index (χ1) is 15.1. The summed E-state index contributed by atoms with van der Waals surface area (Å²) in [6, 6.07) is 23.4. The number of hydrogen-bond donors (Lipinski definition) is 1. The Bertz CT molecular complexity index is 1110. The quantitative estimate of drug-likeness (QED) is 0.681. The Morgan fingerprint density at radius 3 is 2.71 bits per heavy atom. The van der Waals surface area contributed by atoms with E-state index in [1.54, 1.807) is 53.4 Å². The summed E-state index contributed by atoms with van der Waals surface area (Å²) in [5.74, 6) is 0.733. The first kappa shape index (κ1) is 20.5. The van der Waals surface area contributed by atoms with Gasteiger partial charge < -0.3 is 19.5 Å². The van der Waals surface area contributed by atoms with Gasteiger partial charge in [0, 0.05) is 17.7 Å². The van der Waals surface area contributed by atoms with Crippen LogP contribution in [-0.4, -0.2) is 35.6 Å². The summed E-state index contributed by atoms with van der Waals surface area (Å²) in [4.78, 5) is 14.7. The molecular formula is C25H22N2O4. The topological polar surface area (TPSA) is 82.8 Å². The maximum atomic E-state index is 13.0. The Kier molecular flexibility index (Phi) is 6.16. The normalized spacial score (nSPS) is 15.8. The van der Waals surface area contributed by atoms with E-state index in [-0.39, 0.29) is 24.4 Å². The van der Waals surface area contributed by atoms with Gasteiger partial charge in [-0.05, 0) is 48.0 Å². The molecule has 1 amide bonds. The van der Waals surface area contributed by atoms with Gasteiger partial charge in [0.25, 0.3) is 5.91 Å². The van der Waals surface area contributed by atoms with Gasteiger partial charge in [0.2, 0.25) is 0 Å². The van der Waals surface area contributed by atoms with Gasteiger partial charge >= 0.3 is 0 Å². The molecule has 1 heterocycles. The Labute approximate surface area is 180 Å². The molecular weight excluding hydrogens is 392 g/mol. The minimum absolute atomic E-state index is 0.0742. The third kappa shape index (κ3) is 4.85. The molecule has 0 radical (unpaired) electrons. The molecule has 4 rings (SSSR count). The van der Waals surface area contributed by atoms with Gasteiger partial charge in [0.1, 0.15) is 24.2 Å². The monoisotopic (exact) mass is 414 g/mol. The second kappa shape index (κ2) is 9.33. The van der Waals surface area contributed by atoms with E-state index in [4.69, 9.17) is 9.47 Å². The van der Waals surface area contributed by atoms with Crippen LogP contribution in [0, 0.1) is 11.3 Å². The van der Waals surface area contributed by atoms with Crippen molar-refractivity contribution in [2.45, 2.75) is 12.7 Å². The minimum atomic E-state index is -0.271. The number of nitriles is 1. The van der Waals surface area contributed by atoms with Gasteiger partial charge in [-0.3, -0.25) is 4.79 Å². The summed E-state index contributed by atoms with van der Waals surface area (Å²) < 4.78 is 11.6. The van der Waals surface area contributed by atoms with Crippen molar-refractivity contribution in [3.05, 3.63) is 95.1 Å². The number of morpholine rings is 1. The lowest BCUT2D eigenvalue weighted by atomic mass is 10.1. The number of phenols is 1. The molecule has 1 N–H and O–H groups in total. The number of carbonyl (C=O) groups excluding carboxylic acids is 1. The predicted molar refractivity (Wildman–Crippen MR) is 115 cm³/mol. The number of amides is 1. The van der Waals surface area contributed by atoms with Crippen LogP contribution in [0.2, 0.25) is 0 Å². The summed E-state index contributed by atoms with van der Waals surface area (Å²) >= 11 is 0. The molecule has 1 fully saturated rings. The Morgan fingerprint density at radius 1 is 1.13 bits per heavy atom. The lowest BCUT2D eigenvalue weighted by molar-refractivity contribution is -0.0228. The Morgan fingerprint density at radius 2 is 1.94 bits per heavy atom. The molecule has 0 aromatic heterocycles. The van der Waals surface area contributed by atoms with Gasteiger partial charge in [-0.1, -0.05) is 30.3 Å². The first-order valence-electron chi connectivity index (χ1n) is 10.0. The van der Waals surface area contributed by atoms with Crippen molar-refractivity contribution in [3.63, 3.8) is 0 Å². The number of phenolic OH excluding ortho intramolecular Hbond substituents is 1. The number of benzene rings is 3. The second-order valence-corrected chi connectivity index (χ2v) is 7.29. The lowest BCUT2D eigenvalue weighted by Crippen LogP contribution is -2.42. The molecule has 31 heavy (non-hydrogen) atoms. The number of nitrogens with zero attached hydrogens (tertiary/aromatic N) is 2. The van der Waals surface area contributed by atoms with E-state index in [9.17, 15) is 15.2 Å². The molecule has 3 aromatic carbocycles. The van der Waals surface area contributed by atoms with E-state index in [2.05, 4.69) is 6.07 Å². The van der Waals surface area contributed by atoms with E-state index in [0.29, 0.717) is 36.6 Å². The van der Waals surface area contributed by atoms with Crippen LogP contribution in [0.25, 0.3) is 0 Å². The zero-order valence-electron chi connectivity index (χ0n) is 16.9. The molecule has 0 saturated carbocycles. The van der Waals surface area contributed by atoms with Crippen molar-refractivity contribution in [1.29, 1.82) is 5.26 Å². The molecule has 0 aliphatic carbocycles. The second-order valence-electron chi connectivity index (χ2n) is 7.29. The van der Waals surface area contributed by atoms with Crippen LogP contribution < -0.4 is 4.74 Å². The molecule has 1 unspecified atom stereocenters. The molecule has 1 saturated heterocycles. The summed E-state index contributed by atoms with van der Waals surface area (Å²) in [6.07, 6.45) is -0.271. The summed E-state index contributed by atoms with van der Waals surface area (Å²) in [7, 11) is 0. The molecule has 3 aromatic rings. The molecule has 1 atom stereocenters. The maximum Gasteiger partial charge on any atom is 0.254 e. The molecule has 1 aliphatic heterocycles.